The lowest BCUT2D eigenvalue weighted by Gasteiger charge is -2.33. The summed E-state index contributed by atoms with van der Waals surface area (Å²) in [6.45, 7) is 5.95. The summed E-state index contributed by atoms with van der Waals surface area (Å²) in [5, 5.41) is 2.41. The summed E-state index contributed by atoms with van der Waals surface area (Å²) < 4.78 is 6.08. The molecule has 0 saturated carbocycles. The van der Waals surface area contributed by atoms with E-state index in [4.69, 9.17) is 4.74 Å². The summed E-state index contributed by atoms with van der Waals surface area (Å²) in [6.07, 6.45) is 5.85. The predicted octanol–water partition coefficient (Wildman–Crippen LogP) is 6.34. The van der Waals surface area contributed by atoms with Crippen LogP contribution in [0.4, 0.5) is 11.4 Å². The number of benzene rings is 3. The van der Waals surface area contributed by atoms with Crippen molar-refractivity contribution in [2.75, 3.05) is 4.90 Å². The molecule has 0 aromatic heterocycles. The van der Waals surface area contributed by atoms with Gasteiger partial charge in [-0.2, -0.15) is 0 Å². The fraction of sp³-hybridized carbons (Fsp3) is 0.0435. The lowest BCUT2D eigenvalue weighted by molar-refractivity contribution is 0.431. The molecule has 2 nitrogen and oxygen atoms in total. The van der Waals surface area contributed by atoms with Crippen molar-refractivity contribution in [1.29, 1.82) is 0 Å². The minimum Gasteiger partial charge on any atom is -0.453 e. The second-order valence-electron chi connectivity index (χ2n) is 5.86. The Morgan fingerprint density at radius 3 is 2.44 bits per heavy atom. The van der Waals surface area contributed by atoms with Crippen molar-refractivity contribution in [2.45, 2.75) is 6.92 Å². The number of hydrogen-bond acceptors (Lipinski definition) is 2. The number of ether oxygens (including phenoxy) is 1. The van der Waals surface area contributed by atoms with Crippen LogP contribution in [0.1, 0.15) is 6.92 Å². The molecule has 1 aliphatic heterocycles. The third-order valence-electron chi connectivity index (χ3n) is 4.34. The maximum atomic E-state index is 6.08. The molecule has 0 aliphatic carbocycles. The molecule has 0 bridgehead atoms. The van der Waals surface area contributed by atoms with Crippen LogP contribution in [0.15, 0.2) is 103 Å². The van der Waals surface area contributed by atoms with E-state index in [0.717, 1.165) is 28.6 Å². The van der Waals surface area contributed by atoms with E-state index >= 15 is 0 Å². The van der Waals surface area contributed by atoms with Gasteiger partial charge in [-0.3, -0.25) is 0 Å². The van der Waals surface area contributed by atoms with Crippen LogP contribution in [0.3, 0.4) is 0 Å². The number of para-hydroxylation sites is 2. The molecule has 2 heteroatoms. The van der Waals surface area contributed by atoms with Crippen LogP contribution >= 0.6 is 0 Å². The van der Waals surface area contributed by atoms with Crippen LogP contribution in [-0.2, 0) is 0 Å². The number of rotatable bonds is 3. The Hall–Kier alpha value is -3.26. The van der Waals surface area contributed by atoms with E-state index in [1.54, 1.807) is 6.08 Å². The number of allylic oxidation sites excluding steroid dienone is 3. The molecular weight excluding hydrogens is 306 g/mol. The summed E-state index contributed by atoms with van der Waals surface area (Å²) in [5.74, 6) is 1.59. The Labute approximate surface area is 148 Å². The smallest absolute Gasteiger partial charge is 0.151 e. The lowest BCUT2D eigenvalue weighted by Crippen LogP contribution is -2.23. The Morgan fingerprint density at radius 1 is 0.880 bits per heavy atom. The maximum absolute atomic E-state index is 6.08. The first-order valence-electron chi connectivity index (χ1n) is 8.37. The highest BCUT2D eigenvalue weighted by atomic mass is 16.5. The van der Waals surface area contributed by atoms with E-state index in [9.17, 15) is 0 Å². The van der Waals surface area contributed by atoms with Gasteiger partial charge in [-0.05, 0) is 42.7 Å². The minimum absolute atomic E-state index is 0.754. The molecule has 3 aromatic rings. The molecular formula is C23H19NO. The fourth-order valence-electron chi connectivity index (χ4n) is 3.26. The van der Waals surface area contributed by atoms with E-state index in [-0.39, 0.29) is 0 Å². The second kappa shape index (κ2) is 6.33. The SMILES string of the molecule is C=CC1=C(/C=C\C)N(c2cccc3ccccc23)c2ccccc2O1. The van der Waals surface area contributed by atoms with Gasteiger partial charge < -0.3 is 9.64 Å². The normalized spacial score (nSPS) is 13.9. The molecule has 0 N–H and O–H groups in total. The van der Waals surface area contributed by atoms with Gasteiger partial charge in [-0.25, -0.2) is 0 Å². The van der Waals surface area contributed by atoms with Gasteiger partial charge in [0.2, 0.25) is 0 Å². The van der Waals surface area contributed by atoms with Crippen LogP contribution in [0, 0.1) is 0 Å². The van der Waals surface area contributed by atoms with Gasteiger partial charge in [0.05, 0.1) is 17.1 Å². The number of nitrogens with zero attached hydrogens (tertiary/aromatic N) is 1. The standard InChI is InChI=1S/C23H19NO/c1-3-10-20-22(4-2)25-23-16-8-7-14-21(23)24(20)19-15-9-12-17-11-5-6-13-18(17)19/h3-16H,2H2,1H3/b10-3-. The van der Waals surface area contributed by atoms with Crippen molar-refractivity contribution in [3.63, 3.8) is 0 Å². The maximum Gasteiger partial charge on any atom is 0.151 e. The van der Waals surface area contributed by atoms with Gasteiger partial charge in [0.25, 0.3) is 0 Å². The minimum atomic E-state index is 0.754. The molecule has 3 aromatic carbocycles. The largest absolute Gasteiger partial charge is 0.453 e. The van der Waals surface area contributed by atoms with Gasteiger partial charge in [0.1, 0.15) is 0 Å². The van der Waals surface area contributed by atoms with Crippen molar-refractivity contribution in [1.82, 2.24) is 0 Å². The Kier molecular flexibility index (Phi) is 3.87. The van der Waals surface area contributed by atoms with Crippen molar-refractivity contribution < 1.29 is 4.74 Å². The molecule has 1 heterocycles. The Bertz CT molecular complexity index is 1010. The molecule has 0 atom stereocenters. The van der Waals surface area contributed by atoms with E-state index in [1.165, 1.54) is 10.8 Å². The Balaban J connectivity index is 2.05. The van der Waals surface area contributed by atoms with Crippen LogP contribution in [0.2, 0.25) is 0 Å². The van der Waals surface area contributed by atoms with Gasteiger partial charge >= 0.3 is 0 Å². The zero-order valence-electron chi connectivity index (χ0n) is 14.1. The van der Waals surface area contributed by atoms with Crippen molar-refractivity contribution in [3.05, 3.63) is 103 Å². The molecule has 0 amide bonds. The van der Waals surface area contributed by atoms with E-state index in [1.807, 2.05) is 31.2 Å². The molecule has 4 rings (SSSR count). The van der Waals surface area contributed by atoms with Gasteiger partial charge in [-0.15, -0.1) is 0 Å². The highest BCUT2D eigenvalue weighted by molar-refractivity contribution is 5.98. The van der Waals surface area contributed by atoms with Crippen LogP contribution < -0.4 is 9.64 Å². The third-order valence-corrected chi connectivity index (χ3v) is 4.34. The first kappa shape index (κ1) is 15.3. The highest BCUT2D eigenvalue weighted by Crippen LogP contribution is 2.44. The second-order valence-corrected chi connectivity index (χ2v) is 5.86. The zero-order valence-corrected chi connectivity index (χ0v) is 14.1. The lowest BCUT2D eigenvalue weighted by atomic mass is 10.1. The topological polar surface area (TPSA) is 12.5 Å². The molecule has 0 fully saturated rings. The van der Waals surface area contributed by atoms with Crippen molar-refractivity contribution in [2.24, 2.45) is 0 Å². The van der Waals surface area contributed by atoms with Gasteiger partial charge in [0, 0.05) is 5.39 Å². The molecule has 122 valence electrons. The van der Waals surface area contributed by atoms with Crippen LogP contribution in [-0.4, -0.2) is 0 Å². The van der Waals surface area contributed by atoms with Crippen LogP contribution in [0.25, 0.3) is 10.8 Å². The summed E-state index contributed by atoms with van der Waals surface area (Å²) in [4.78, 5) is 2.25. The third kappa shape index (κ3) is 2.52. The molecule has 0 saturated heterocycles. The molecule has 25 heavy (non-hydrogen) atoms. The monoisotopic (exact) mass is 325 g/mol. The average molecular weight is 325 g/mol. The molecule has 0 spiro atoms. The summed E-state index contributed by atoms with van der Waals surface area (Å²) in [6, 6.07) is 22.9. The number of fused-ring (bicyclic) bond motifs is 2. The predicted molar refractivity (Wildman–Crippen MR) is 105 cm³/mol. The fourth-order valence-corrected chi connectivity index (χ4v) is 3.26. The summed E-state index contributed by atoms with van der Waals surface area (Å²) in [7, 11) is 0. The van der Waals surface area contributed by atoms with E-state index in [0.29, 0.717) is 0 Å². The van der Waals surface area contributed by atoms with Crippen molar-refractivity contribution in [3.8, 4) is 5.75 Å². The molecule has 1 aliphatic rings. The van der Waals surface area contributed by atoms with Crippen molar-refractivity contribution >= 4 is 22.1 Å². The van der Waals surface area contributed by atoms with E-state index < -0.39 is 0 Å². The van der Waals surface area contributed by atoms with Gasteiger partial charge in [0.15, 0.2) is 11.5 Å². The summed E-state index contributed by atoms with van der Waals surface area (Å²) in [5.41, 5.74) is 3.13. The highest BCUT2D eigenvalue weighted by Gasteiger charge is 2.26. The molecule has 0 radical (unpaired) electrons. The Morgan fingerprint density at radius 2 is 1.60 bits per heavy atom. The zero-order chi connectivity index (χ0) is 17.2. The average Bonchev–Trinajstić information content (AvgIpc) is 2.67. The first-order chi connectivity index (χ1) is 12.3. The molecule has 0 unspecified atom stereocenters. The first-order valence-corrected chi connectivity index (χ1v) is 8.37. The van der Waals surface area contributed by atoms with Gasteiger partial charge in [-0.1, -0.05) is 61.2 Å². The number of anilines is 2. The number of hydrogen-bond donors (Lipinski definition) is 0. The quantitative estimate of drug-likeness (QED) is 0.557. The summed E-state index contributed by atoms with van der Waals surface area (Å²) >= 11 is 0. The van der Waals surface area contributed by atoms with Crippen LogP contribution in [0.5, 0.6) is 5.75 Å². The van der Waals surface area contributed by atoms with E-state index in [2.05, 4.69) is 66.1 Å².